The molecule has 0 N–H and O–H groups in total. The van der Waals surface area contributed by atoms with Gasteiger partial charge in [-0.1, -0.05) is 19.1 Å². The summed E-state index contributed by atoms with van der Waals surface area (Å²) < 4.78 is 33.7. The Hall–Kier alpha value is -2.41. The third kappa shape index (κ3) is 5.31. The average molecular weight is 461 g/mol. The number of nitrogens with zero attached hydrogens (tertiary/aromatic N) is 2. The molecule has 0 bridgehead atoms. The summed E-state index contributed by atoms with van der Waals surface area (Å²) in [5.41, 5.74) is 2.35. The molecular formula is C25H30ClFN2O3. The minimum absolute atomic E-state index is 0. The highest BCUT2D eigenvalue weighted by Gasteiger charge is 2.35. The highest BCUT2D eigenvalue weighted by molar-refractivity contribution is 5.85. The maximum atomic E-state index is 14.3. The van der Waals surface area contributed by atoms with Crippen LogP contribution in [0, 0.1) is 5.82 Å². The van der Waals surface area contributed by atoms with Crippen LogP contribution in [0.4, 0.5) is 4.39 Å². The fourth-order valence-corrected chi connectivity index (χ4v) is 4.12. The van der Waals surface area contributed by atoms with Gasteiger partial charge in [0.05, 0.1) is 5.60 Å². The summed E-state index contributed by atoms with van der Waals surface area (Å²) in [6.07, 6.45) is 7.19. The van der Waals surface area contributed by atoms with E-state index < -0.39 is 5.60 Å². The summed E-state index contributed by atoms with van der Waals surface area (Å²) in [6, 6.07) is 13.0. The van der Waals surface area contributed by atoms with E-state index in [1.807, 2.05) is 30.6 Å². The lowest BCUT2D eigenvalue weighted by molar-refractivity contribution is -0.0950. The minimum atomic E-state index is -0.527. The van der Waals surface area contributed by atoms with E-state index in [-0.39, 0.29) is 18.2 Å². The zero-order valence-corrected chi connectivity index (χ0v) is 19.4. The second kappa shape index (κ2) is 10.9. The largest absolute Gasteiger partial charge is 0.489 e. The van der Waals surface area contributed by atoms with Crippen LogP contribution in [0.1, 0.15) is 43.1 Å². The summed E-state index contributed by atoms with van der Waals surface area (Å²) in [6.45, 7) is 3.71. The van der Waals surface area contributed by atoms with Gasteiger partial charge in [0.25, 0.3) is 0 Å². The molecule has 0 atom stereocenters. The van der Waals surface area contributed by atoms with Crippen molar-refractivity contribution in [3.8, 4) is 11.4 Å². The van der Waals surface area contributed by atoms with E-state index in [0.29, 0.717) is 38.4 Å². The molecule has 2 heterocycles. The molecule has 1 fully saturated rings. The number of aryl methyl sites for hydroxylation is 1. The van der Waals surface area contributed by atoms with E-state index >= 15 is 0 Å². The molecule has 1 aromatic heterocycles. The molecule has 0 radical (unpaired) electrons. The van der Waals surface area contributed by atoms with Crippen molar-refractivity contribution in [3.05, 3.63) is 77.6 Å². The number of imidazole rings is 1. The molecule has 0 amide bonds. The van der Waals surface area contributed by atoms with E-state index in [0.717, 1.165) is 35.5 Å². The lowest BCUT2D eigenvalue weighted by Crippen LogP contribution is -2.35. The smallest absolute Gasteiger partial charge is 0.127 e. The number of rotatable bonds is 8. The Bertz CT molecular complexity index is 1000. The molecular weight excluding hydrogens is 431 g/mol. The van der Waals surface area contributed by atoms with Crippen LogP contribution < -0.4 is 4.74 Å². The summed E-state index contributed by atoms with van der Waals surface area (Å²) in [5.74, 6) is 1.23. The molecule has 32 heavy (non-hydrogen) atoms. The predicted octanol–water partition coefficient (Wildman–Crippen LogP) is 5.62. The van der Waals surface area contributed by atoms with Gasteiger partial charge >= 0.3 is 0 Å². The molecule has 7 heteroatoms. The number of hydrogen-bond acceptors (Lipinski definition) is 4. The highest BCUT2D eigenvalue weighted by atomic mass is 35.5. The van der Waals surface area contributed by atoms with Crippen LogP contribution in [0.25, 0.3) is 5.69 Å². The Morgan fingerprint density at radius 2 is 1.88 bits per heavy atom. The van der Waals surface area contributed by atoms with Crippen LogP contribution in [0.15, 0.2) is 54.9 Å². The standard InChI is InChI=1S/C25H29FN2O3.ClH/c1-3-4-24-27-11-12-28(24)22-7-5-19(6-8-22)18-31-23-16-20(15-21(26)17-23)25(29-2)9-13-30-14-10-25;/h5-8,11-12,15-17H,3-4,9-10,13-14,18H2,1-2H3;1H. The second-order valence-electron chi connectivity index (χ2n) is 7.90. The van der Waals surface area contributed by atoms with E-state index in [1.165, 1.54) is 12.1 Å². The number of methoxy groups -OCH3 is 1. The summed E-state index contributed by atoms with van der Waals surface area (Å²) >= 11 is 0. The van der Waals surface area contributed by atoms with Crippen LogP contribution in [-0.4, -0.2) is 29.9 Å². The molecule has 0 spiro atoms. The fraction of sp³-hybridized carbons (Fsp3) is 0.400. The molecule has 4 rings (SSSR count). The van der Waals surface area contributed by atoms with E-state index in [1.54, 1.807) is 7.11 Å². The van der Waals surface area contributed by atoms with E-state index in [9.17, 15) is 4.39 Å². The van der Waals surface area contributed by atoms with Gasteiger partial charge in [-0.15, -0.1) is 12.4 Å². The predicted molar refractivity (Wildman–Crippen MR) is 124 cm³/mol. The quantitative estimate of drug-likeness (QED) is 0.438. The zero-order chi connectivity index (χ0) is 21.7. The minimum Gasteiger partial charge on any atom is -0.489 e. The first kappa shape index (κ1) is 24.2. The monoisotopic (exact) mass is 460 g/mol. The van der Waals surface area contributed by atoms with Gasteiger partial charge in [0.15, 0.2) is 0 Å². The molecule has 1 aliphatic heterocycles. The van der Waals surface area contributed by atoms with E-state index in [2.05, 4.69) is 28.6 Å². The van der Waals surface area contributed by atoms with Crippen molar-refractivity contribution in [1.82, 2.24) is 9.55 Å². The highest BCUT2D eigenvalue weighted by Crippen LogP contribution is 2.37. The van der Waals surface area contributed by atoms with Gasteiger partial charge < -0.3 is 18.8 Å². The van der Waals surface area contributed by atoms with Crippen LogP contribution in [0.5, 0.6) is 5.75 Å². The Balaban J connectivity index is 0.00000289. The van der Waals surface area contributed by atoms with Gasteiger partial charge in [-0.25, -0.2) is 9.37 Å². The number of aromatic nitrogens is 2. The Morgan fingerprint density at radius 3 is 2.56 bits per heavy atom. The Morgan fingerprint density at radius 1 is 1.12 bits per heavy atom. The summed E-state index contributed by atoms with van der Waals surface area (Å²) in [7, 11) is 1.67. The van der Waals surface area contributed by atoms with Crippen LogP contribution in [0.3, 0.4) is 0 Å². The molecule has 172 valence electrons. The van der Waals surface area contributed by atoms with Gasteiger partial charge in [0.2, 0.25) is 0 Å². The molecule has 1 aliphatic rings. The number of halogens is 2. The molecule has 3 aromatic rings. The first-order valence-electron chi connectivity index (χ1n) is 10.8. The van der Waals surface area contributed by atoms with Crippen molar-refractivity contribution in [2.75, 3.05) is 20.3 Å². The van der Waals surface area contributed by atoms with Crippen LogP contribution in [0.2, 0.25) is 0 Å². The second-order valence-corrected chi connectivity index (χ2v) is 7.90. The number of hydrogen-bond donors (Lipinski definition) is 0. The van der Waals surface area contributed by atoms with Crippen LogP contribution in [-0.2, 0) is 28.1 Å². The maximum absolute atomic E-state index is 14.3. The topological polar surface area (TPSA) is 45.5 Å². The molecule has 2 aromatic carbocycles. The van der Waals surface area contributed by atoms with Gasteiger partial charge in [-0.2, -0.15) is 0 Å². The number of ether oxygens (including phenoxy) is 3. The van der Waals surface area contributed by atoms with Crippen molar-refractivity contribution >= 4 is 12.4 Å². The molecule has 0 saturated carbocycles. The van der Waals surface area contributed by atoms with E-state index in [4.69, 9.17) is 14.2 Å². The Kier molecular flexibility index (Phi) is 8.29. The normalized spacial score (nSPS) is 15.2. The lowest BCUT2D eigenvalue weighted by atomic mass is 9.86. The fourth-order valence-electron chi connectivity index (χ4n) is 4.12. The Labute approximate surface area is 194 Å². The van der Waals surface area contributed by atoms with Crippen molar-refractivity contribution in [2.24, 2.45) is 0 Å². The van der Waals surface area contributed by atoms with Gasteiger partial charge in [0, 0.05) is 63.7 Å². The molecule has 1 saturated heterocycles. The van der Waals surface area contributed by atoms with Crippen molar-refractivity contribution < 1.29 is 18.6 Å². The van der Waals surface area contributed by atoms with Gasteiger partial charge in [-0.3, -0.25) is 0 Å². The summed E-state index contributed by atoms with van der Waals surface area (Å²) in [5, 5.41) is 0. The summed E-state index contributed by atoms with van der Waals surface area (Å²) in [4.78, 5) is 4.43. The van der Waals surface area contributed by atoms with Crippen molar-refractivity contribution in [3.63, 3.8) is 0 Å². The van der Waals surface area contributed by atoms with Crippen LogP contribution >= 0.6 is 12.4 Å². The first-order valence-corrected chi connectivity index (χ1v) is 10.8. The average Bonchev–Trinajstić information content (AvgIpc) is 3.27. The third-order valence-electron chi connectivity index (χ3n) is 5.90. The lowest BCUT2D eigenvalue weighted by Gasteiger charge is -2.36. The third-order valence-corrected chi connectivity index (χ3v) is 5.90. The molecule has 5 nitrogen and oxygen atoms in total. The van der Waals surface area contributed by atoms with Crippen molar-refractivity contribution in [1.29, 1.82) is 0 Å². The first-order chi connectivity index (χ1) is 15.1. The molecule has 0 unspecified atom stereocenters. The zero-order valence-electron chi connectivity index (χ0n) is 18.6. The van der Waals surface area contributed by atoms with Crippen molar-refractivity contribution in [2.45, 2.75) is 44.8 Å². The van der Waals surface area contributed by atoms with Gasteiger partial charge in [0.1, 0.15) is 24.0 Å². The SMILES string of the molecule is CCCc1nccn1-c1ccc(COc2cc(F)cc(C3(OC)CCOCC3)c2)cc1.Cl. The molecule has 0 aliphatic carbocycles. The number of benzene rings is 2. The maximum Gasteiger partial charge on any atom is 0.127 e. The van der Waals surface area contributed by atoms with Gasteiger partial charge in [-0.05, 0) is 41.8 Å².